The molecule has 0 unspecified atom stereocenters. The molecule has 2 fully saturated rings. The summed E-state index contributed by atoms with van der Waals surface area (Å²) in [7, 11) is 0.336. The maximum atomic E-state index is 12.8. The van der Waals surface area contributed by atoms with Gasteiger partial charge in [-0.05, 0) is 62.3 Å². The van der Waals surface area contributed by atoms with Crippen LogP contribution in [0.1, 0.15) is 44.1 Å². The Morgan fingerprint density at radius 3 is 2.23 bits per heavy atom. The lowest BCUT2D eigenvalue weighted by molar-refractivity contribution is -0.163. The zero-order valence-electron chi connectivity index (χ0n) is 17.8. The van der Waals surface area contributed by atoms with E-state index in [1.165, 1.54) is 34.6 Å². The molecule has 0 atom stereocenters. The highest BCUT2D eigenvalue weighted by Crippen LogP contribution is 2.42. The third kappa shape index (κ3) is 4.18. The zero-order valence-corrected chi connectivity index (χ0v) is 18.7. The molecular weight excluding hydrogens is 404 g/mol. The maximum Gasteiger partial charge on any atom is 0.345 e. The van der Waals surface area contributed by atoms with E-state index in [0.717, 1.165) is 42.4 Å². The molecule has 0 N–H and O–H groups in total. The third-order valence-corrected chi connectivity index (χ3v) is 9.09. The molecule has 3 nitrogen and oxygen atoms in total. The minimum atomic E-state index is -0.503. The highest BCUT2D eigenvalue weighted by atomic mass is 32.2. The molecule has 0 spiro atoms. The van der Waals surface area contributed by atoms with Gasteiger partial charge < -0.3 is 9.47 Å². The molecular formula is C27H29O3S+. The molecule has 0 radical (unpaired) electrons. The fourth-order valence-corrected chi connectivity index (χ4v) is 7.52. The van der Waals surface area contributed by atoms with Crippen LogP contribution in [0.25, 0.3) is 10.8 Å². The lowest BCUT2D eigenvalue weighted by atomic mass is 9.92. The smallest absolute Gasteiger partial charge is 0.345 e. The van der Waals surface area contributed by atoms with Crippen molar-refractivity contribution in [2.45, 2.75) is 49.0 Å². The van der Waals surface area contributed by atoms with Crippen LogP contribution in [-0.4, -0.2) is 24.1 Å². The number of hydrogen-bond acceptors (Lipinski definition) is 3. The van der Waals surface area contributed by atoms with E-state index in [9.17, 15) is 4.79 Å². The SMILES string of the molecule is O=C(COc1ccc([S+]2CCCC2)c2ccccc12)OC1(c2ccccc2)CCCC1. The molecule has 0 amide bonds. The Labute approximate surface area is 187 Å². The summed E-state index contributed by atoms with van der Waals surface area (Å²) in [6.45, 7) is -0.0658. The minimum Gasteiger partial charge on any atom is -0.481 e. The molecule has 31 heavy (non-hydrogen) atoms. The fourth-order valence-electron chi connectivity index (χ4n) is 5.02. The molecule has 0 aromatic heterocycles. The maximum absolute atomic E-state index is 12.8. The van der Waals surface area contributed by atoms with Gasteiger partial charge in [-0.25, -0.2) is 4.79 Å². The van der Waals surface area contributed by atoms with Crippen LogP contribution in [0.3, 0.4) is 0 Å². The highest BCUT2D eigenvalue weighted by Gasteiger charge is 2.39. The lowest BCUT2D eigenvalue weighted by Gasteiger charge is -2.29. The van der Waals surface area contributed by atoms with Gasteiger partial charge in [0, 0.05) is 21.7 Å². The van der Waals surface area contributed by atoms with E-state index < -0.39 is 5.60 Å². The van der Waals surface area contributed by atoms with Crippen LogP contribution < -0.4 is 4.74 Å². The van der Waals surface area contributed by atoms with Gasteiger partial charge in [-0.3, -0.25) is 0 Å². The summed E-state index contributed by atoms with van der Waals surface area (Å²) in [6.07, 6.45) is 6.56. The van der Waals surface area contributed by atoms with Crippen molar-refractivity contribution in [1.82, 2.24) is 0 Å². The van der Waals surface area contributed by atoms with Gasteiger partial charge >= 0.3 is 5.97 Å². The van der Waals surface area contributed by atoms with E-state index in [1.54, 1.807) is 0 Å². The molecule has 2 aliphatic rings. The van der Waals surface area contributed by atoms with Crippen LogP contribution in [0.4, 0.5) is 0 Å². The van der Waals surface area contributed by atoms with Crippen molar-refractivity contribution in [3.05, 3.63) is 72.3 Å². The van der Waals surface area contributed by atoms with Gasteiger partial charge in [0.05, 0.1) is 0 Å². The van der Waals surface area contributed by atoms with Crippen molar-refractivity contribution < 1.29 is 14.3 Å². The summed E-state index contributed by atoms with van der Waals surface area (Å²) < 4.78 is 12.1. The largest absolute Gasteiger partial charge is 0.481 e. The number of hydrogen-bond donors (Lipinski definition) is 0. The number of carbonyl (C=O) groups excluding carboxylic acids is 1. The van der Waals surface area contributed by atoms with Gasteiger partial charge in [-0.15, -0.1) is 0 Å². The molecule has 1 aliphatic heterocycles. The summed E-state index contributed by atoms with van der Waals surface area (Å²) in [5.41, 5.74) is 0.588. The van der Waals surface area contributed by atoms with Crippen LogP contribution in [-0.2, 0) is 26.0 Å². The van der Waals surface area contributed by atoms with Gasteiger partial charge in [-0.2, -0.15) is 0 Å². The predicted molar refractivity (Wildman–Crippen MR) is 127 cm³/mol. The monoisotopic (exact) mass is 433 g/mol. The van der Waals surface area contributed by atoms with Crippen LogP contribution in [0.15, 0.2) is 71.6 Å². The van der Waals surface area contributed by atoms with Crippen molar-refractivity contribution >= 4 is 27.6 Å². The van der Waals surface area contributed by atoms with Gasteiger partial charge in [0.2, 0.25) is 0 Å². The van der Waals surface area contributed by atoms with E-state index >= 15 is 0 Å². The molecule has 1 aliphatic carbocycles. The number of carbonyl (C=O) groups is 1. The summed E-state index contributed by atoms with van der Waals surface area (Å²) in [6, 6.07) is 22.8. The fraction of sp³-hybridized carbons (Fsp3) is 0.370. The van der Waals surface area contributed by atoms with Crippen molar-refractivity contribution in [3.63, 3.8) is 0 Å². The Morgan fingerprint density at radius 1 is 0.806 bits per heavy atom. The Morgan fingerprint density at radius 2 is 1.48 bits per heavy atom. The first-order chi connectivity index (χ1) is 15.3. The molecule has 1 saturated carbocycles. The predicted octanol–water partition coefficient (Wildman–Crippen LogP) is 6.00. The number of esters is 1. The van der Waals surface area contributed by atoms with E-state index in [4.69, 9.17) is 9.47 Å². The molecule has 3 aromatic carbocycles. The minimum absolute atomic E-state index is 0.0658. The number of fused-ring (bicyclic) bond motifs is 1. The molecule has 160 valence electrons. The second kappa shape index (κ2) is 8.96. The van der Waals surface area contributed by atoms with Crippen molar-refractivity contribution in [3.8, 4) is 5.75 Å². The first kappa shape index (κ1) is 20.4. The average molecular weight is 434 g/mol. The first-order valence-electron chi connectivity index (χ1n) is 11.3. The van der Waals surface area contributed by atoms with E-state index in [-0.39, 0.29) is 12.6 Å². The zero-order chi connectivity index (χ0) is 21.1. The topological polar surface area (TPSA) is 35.5 Å². The molecule has 5 rings (SSSR count). The highest BCUT2D eigenvalue weighted by molar-refractivity contribution is 7.97. The normalized spacial score (nSPS) is 18.3. The molecule has 1 saturated heterocycles. The lowest BCUT2D eigenvalue weighted by Crippen LogP contribution is -2.31. The molecule has 4 heteroatoms. The number of benzene rings is 3. The van der Waals surface area contributed by atoms with E-state index in [0.29, 0.717) is 10.9 Å². The molecule has 1 heterocycles. The van der Waals surface area contributed by atoms with E-state index in [2.05, 4.69) is 36.4 Å². The summed E-state index contributed by atoms with van der Waals surface area (Å²) in [5, 5.41) is 2.35. The summed E-state index contributed by atoms with van der Waals surface area (Å²) in [4.78, 5) is 14.3. The molecule has 3 aromatic rings. The van der Waals surface area contributed by atoms with Gasteiger partial charge in [-0.1, -0.05) is 48.5 Å². The Bertz CT molecular complexity index is 1050. The van der Waals surface area contributed by atoms with Gasteiger partial charge in [0.15, 0.2) is 11.5 Å². The van der Waals surface area contributed by atoms with Crippen molar-refractivity contribution in [2.75, 3.05) is 18.1 Å². The summed E-state index contributed by atoms with van der Waals surface area (Å²) >= 11 is 0. The van der Waals surface area contributed by atoms with Crippen molar-refractivity contribution in [2.24, 2.45) is 0 Å². The third-order valence-electron chi connectivity index (χ3n) is 6.55. The molecule has 0 bridgehead atoms. The first-order valence-corrected chi connectivity index (χ1v) is 12.9. The Balaban J connectivity index is 1.33. The average Bonchev–Trinajstić information content (AvgIpc) is 3.51. The Hall–Kier alpha value is -2.46. The standard InChI is InChI=1S/C27H29O3S/c28-26(30-27(16-6-7-17-27)21-10-2-1-3-11-21)20-29-24-14-15-25(31-18-8-9-19-31)23-13-5-4-12-22(23)24/h1-5,10-15H,6-9,16-20H2/q+1. The van der Waals surface area contributed by atoms with Crippen LogP contribution in [0.5, 0.6) is 5.75 Å². The summed E-state index contributed by atoms with van der Waals surface area (Å²) in [5.74, 6) is 3.05. The Kier molecular flexibility index (Phi) is 5.91. The quantitative estimate of drug-likeness (QED) is 0.353. The van der Waals surface area contributed by atoms with E-state index in [1.807, 2.05) is 30.3 Å². The number of ether oxygens (including phenoxy) is 2. The van der Waals surface area contributed by atoms with Crippen molar-refractivity contribution in [1.29, 1.82) is 0 Å². The van der Waals surface area contributed by atoms with Gasteiger partial charge in [0.1, 0.15) is 22.9 Å². The van der Waals surface area contributed by atoms with Crippen LogP contribution >= 0.6 is 0 Å². The number of rotatable bonds is 6. The van der Waals surface area contributed by atoms with Gasteiger partial charge in [0.25, 0.3) is 0 Å². The van der Waals surface area contributed by atoms with Crippen LogP contribution in [0.2, 0.25) is 0 Å². The van der Waals surface area contributed by atoms with Crippen LogP contribution in [0, 0.1) is 0 Å². The second-order valence-electron chi connectivity index (χ2n) is 8.55. The second-order valence-corrected chi connectivity index (χ2v) is 10.8.